The predicted octanol–water partition coefficient (Wildman–Crippen LogP) is 3.39. The second-order valence-electron chi connectivity index (χ2n) is 5.89. The van der Waals surface area contributed by atoms with E-state index < -0.39 is 5.82 Å². The fourth-order valence-electron chi connectivity index (χ4n) is 3.11. The van der Waals surface area contributed by atoms with Gasteiger partial charge in [0.05, 0.1) is 6.04 Å². The number of carbonyl (C=O) groups is 1. The van der Waals surface area contributed by atoms with Crippen LogP contribution in [-0.4, -0.2) is 30.4 Å². The van der Waals surface area contributed by atoms with E-state index in [4.69, 9.17) is 0 Å². The molecule has 0 aromatic heterocycles. The summed E-state index contributed by atoms with van der Waals surface area (Å²) in [5.74, 6) is -0.624. The Morgan fingerprint density at radius 1 is 1.09 bits per heavy atom. The maximum Gasteiger partial charge on any atom is 0.251 e. The Hall–Kier alpha value is -2.20. The van der Waals surface area contributed by atoms with E-state index in [2.05, 4.69) is 22.3 Å². The van der Waals surface area contributed by atoms with Gasteiger partial charge in [-0.3, -0.25) is 9.69 Å². The molecule has 1 unspecified atom stereocenters. The predicted molar refractivity (Wildman–Crippen MR) is 88.7 cm³/mol. The van der Waals surface area contributed by atoms with E-state index in [1.54, 1.807) is 12.1 Å². The minimum atomic E-state index is -0.392. The van der Waals surface area contributed by atoms with Gasteiger partial charge in [-0.25, -0.2) is 4.39 Å². The molecule has 0 bridgehead atoms. The highest BCUT2D eigenvalue weighted by atomic mass is 19.1. The van der Waals surface area contributed by atoms with Crippen molar-refractivity contribution in [3.63, 3.8) is 0 Å². The average Bonchev–Trinajstić information content (AvgIpc) is 3.10. The van der Waals surface area contributed by atoms with Crippen molar-refractivity contribution in [1.29, 1.82) is 0 Å². The van der Waals surface area contributed by atoms with Crippen molar-refractivity contribution in [2.24, 2.45) is 0 Å². The van der Waals surface area contributed by atoms with Crippen LogP contribution >= 0.6 is 0 Å². The number of nitrogens with zero attached hydrogens (tertiary/aromatic N) is 1. The summed E-state index contributed by atoms with van der Waals surface area (Å²) < 4.78 is 13.2. The lowest BCUT2D eigenvalue weighted by Gasteiger charge is -2.28. The van der Waals surface area contributed by atoms with Gasteiger partial charge in [-0.15, -0.1) is 0 Å². The summed E-state index contributed by atoms with van der Waals surface area (Å²) in [7, 11) is 0. The van der Waals surface area contributed by atoms with Crippen LogP contribution in [0.4, 0.5) is 4.39 Å². The van der Waals surface area contributed by atoms with Gasteiger partial charge < -0.3 is 5.32 Å². The molecule has 1 fully saturated rings. The summed E-state index contributed by atoms with van der Waals surface area (Å²) in [5.41, 5.74) is 1.56. The highest BCUT2D eigenvalue weighted by Gasteiger charge is 2.23. The van der Waals surface area contributed by atoms with Crippen LogP contribution in [0.25, 0.3) is 0 Å². The SMILES string of the molecule is O=C(NCC(c1ccccc1)N1CCCC1)c1cccc(F)c1. The van der Waals surface area contributed by atoms with Gasteiger partial charge in [0.2, 0.25) is 0 Å². The van der Waals surface area contributed by atoms with E-state index in [1.165, 1.54) is 30.5 Å². The molecule has 1 amide bonds. The Bertz CT molecular complexity index is 653. The van der Waals surface area contributed by atoms with Crippen LogP contribution in [0, 0.1) is 5.82 Å². The Kier molecular flexibility index (Phi) is 5.03. The van der Waals surface area contributed by atoms with Crippen molar-refractivity contribution in [3.05, 3.63) is 71.5 Å². The number of halogens is 1. The molecule has 0 radical (unpaired) electrons. The monoisotopic (exact) mass is 312 g/mol. The van der Waals surface area contributed by atoms with Crippen molar-refractivity contribution >= 4 is 5.91 Å². The number of carbonyl (C=O) groups excluding carboxylic acids is 1. The smallest absolute Gasteiger partial charge is 0.251 e. The summed E-state index contributed by atoms with van der Waals surface area (Å²) in [6, 6.07) is 16.2. The molecule has 0 spiro atoms. The van der Waals surface area contributed by atoms with Gasteiger partial charge in [-0.2, -0.15) is 0 Å². The third-order valence-electron chi connectivity index (χ3n) is 4.31. The van der Waals surface area contributed by atoms with Gasteiger partial charge in [0.1, 0.15) is 5.82 Å². The summed E-state index contributed by atoms with van der Waals surface area (Å²) in [6.07, 6.45) is 2.39. The average molecular weight is 312 g/mol. The minimum absolute atomic E-state index is 0.163. The Morgan fingerprint density at radius 3 is 2.52 bits per heavy atom. The molecule has 3 rings (SSSR count). The lowest BCUT2D eigenvalue weighted by atomic mass is 10.1. The molecule has 0 saturated carbocycles. The molecule has 23 heavy (non-hydrogen) atoms. The molecular weight excluding hydrogens is 291 g/mol. The quantitative estimate of drug-likeness (QED) is 0.918. The van der Waals surface area contributed by atoms with Crippen LogP contribution in [0.15, 0.2) is 54.6 Å². The third kappa shape index (κ3) is 3.96. The first kappa shape index (κ1) is 15.7. The summed E-state index contributed by atoms with van der Waals surface area (Å²) in [5, 5.41) is 2.95. The first-order valence-corrected chi connectivity index (χ1v) is 8.07. The standard InChI is InChI=1S/C19H21FN2O/c20-17-10-6-9-16(13-17)19(23)21-14-18(22-11-4-5-12-22)15-7-2-1-3-8-15/h1-3,6-10,13,18H,4-5,11-12,14H2,(H,21,23). The Morgan fingerprint density at radius 2 is 1.83 bits per heavy atom. The molecule has 1 saturated heterocycles. The molecule has 1 N–H and O–H groups in total. The maximum atomic E-state index is 13.2. The highest BCUT2D eigenvalue weighted by Crippen LogP contribution is 2.24. The van der Waals surface area contributed by atoms with Gasteiger partial charge in [0.15, 0.2) is 0 Å². The zero-order valence-electron chi connectivity index (χ0n) is 13.0. The van der Waals surface area contributed by atoms with Gasteiger partial charge in [-0.1, -0.05) is 36.4 Å². The lowest BCUT2D eigenvalue weighted by Crippen LogP contribution is -2.36. The fourth-order valence-corrected chi connectivity index (χ4v) is 3.11. The van der Waals surface area contributed by atoms with Crippen molar-refractivity contribution in [2.75, 3.05) is 19.6 Å². The van der Waals surface area contributed by atoms with Gasteiger partial charge in [0, 0.05) is 12.1 Å². The normalized spacial score (nSPS) is 16.2. The molecule has 1 aliphatic heterocycles. The number of nitrogens with one attached hydrogen (secondary N) is 1. The molecule has 0 aliphatic carbocycles. The third-order valence-corrected chi connectivity index (χ3v) is 4.31. The molecule has 1 aliphatic rings. The molecule has 120 valence electrons. The fraction of sp³-hybridized carbons (Fsp3) is 0.316. The van der Waals surface area contributed by atoms with Crippen LogP contribution in [0.2, 0.25) is 0 Å². The van der Waals surface area contributed by atoms with Crippen LogP contribution in [0.3, 0.4) is 0 Å². The second kappa shape index (κ2) is 7.38. The van der Waals surface area contributed by atoms with Crippen molar-refractivity contribution < 1.29 is 9.18 Å². The van der Waals surface area contributed by atoms with E-state index in [-0.39, 0.29) is 11.9 Å². The molecular formula is C19H21FN2O. The molecule has 2 aromatic rings. The van der Waals surface area contributed by atoms with Crippen LogP contribution in [0.1, 0.15) is 34.8 Å². The minimum Gasteiger partial charge on any atom is -0.350 e. The van der Waals surface area contributed by atoms with E-state index in [1.807, 2.05) is 18.2 Å². The molecule has 4 heteroatoms. The van der Waals surface area contributed by atoms with Crippen molar-refractivity contribution in [3.8, 4) is 0 Å². The maximum absolute atomic E-state index is 13.2. The molecule has 2 aromatic carbocycles. The van der Waals surface area contributed by atoms with Gasteiger partial charge in [-0.05, 0) is 49.7 Å². The number of hydrogen-bond donors (Lipinski definition) is 1. The van der Waals surface area contributed by atoms with Gasteiger partial charge in [0.25, 0.3) is 5.91 Å². The van der Waals surface area contributed by atoms with Crippen molar-refractivity contribution in [1.82, 2.24) is 10.2 Å². The van der Waals surface area contributed by atoms with E-state index in [0.717, 1.165) is 13.1 Å². The molecule has 1 heterocycles. The number of amides is 1. The van der Waals surface area contributed by atoms with Crippen molar-refractivity contribution in [2.45, 2.75) is 18.9 Å². The van der Waals surface area contributed by atoms with E-state index in [9.17, 15) is 9.18 Å². The number of benzene rings is 2. The van der Waals surface area contributed by atoms with Gasteiger partial charge >= 0.3 is 0 Å². The summed E-state index contributed by atoms with van der Waals surface area (Å²) in [6.45, 7) is 2.63. The zero-order chi connectivity index (χ0) is 16.1. The van der Waals surface area contributed by atoms with E-state index in [0.29, 0.717) is 12.1 Å². The molecule has 1 atom stereocenters. The Balaban J connectivity index is 1.70. The van der Waals surface area contributed by atoms with Crippen LogP contribution in [-0.2, 0) is 0 Å². The number of likely N-dealkylation sites (tertiary alicyclic amines) is 1. The van der Waals surface area contributed by atoms with Crippen LogP contribution < -0.4 is 5.32 Å². The number of rotatable bonds is 5. The first-order valence-electron chi connectivity index (χ1n) is 8.07. The Labute approximate surface area is 136 Å². The molecule has 3 nitrogen and oxygen atoms in total. The topological polar surface area (TPSA) is 32.3 Å². The zero-order valence-corrected chi connectivity index (χ0v) is 13.0. The first-order chi connectivity index (χ1) is 11.2. The second-order valence-corrected chi connectivity index (χ2v) is 5.89. The van der Waals surface area contributed by atoms with Crippen LogP contribution in [0.5, 0.6) is 0 Å². The number of hydrogen-bond acceptors (Lipinski definition) is 2. The summed E-state index contributed by atoms with van der Waals surface area (Å²) in [4.78, 5) is 14.7. The largest absolute Gasteiger partial charge is 0.350 e. The van der Waals surface area contributed by atoms with E-state index >= 15 is 0 Å². The lowest BCUT2D eigenvalue weighted by molar-refractivity contribution is 0.0937. The highest BCUT2D eigenvalue weighted by molar-refractivity contribution is 5.94. The summed E-state index contributed by atoms with van der Waals surface area (Å²) >= 11 is 0.